The van der Waals surface area contributed by atoms with E-state index in [9.17, 15) is 0 Å². The molecule has 0 aromatic heterocycles. The molecule has 0 spiro atoms. The molecule has 1 saturated heterocycles. The minimum absolute atomic E-state index is 0.479. The topological polar surface area (TPSA) is 34.3 Å². The van der Waals surface area contributed by atoms with Gasteiger partial charge in [-0.3, -0.25) is 4.99 Å². The summed E-state index contributed by atoms with van der Waals surface area (Å²) in [6.07, 6.45) is 5.29. The molecule has 1 fully saturated rings. The van der Waals surface area contributed by atoms with Crippen molar-refractivity contribution in [3.05, 3.63) is 77.9 Å². The first kappa shape index (κ1) is 13.8. The van der Waals surface area contributed by atoms with Gasteiger partial charge in [0.15, 0.2) is 0 Å². The highest BCUT2D eigenvalue weighted by Gasteiger charge is 2.33. The van der Waals surface area contributed by atoms with Gasteiger partial charge in [-0.2, -0.15) is 0 Å². The van der Waals surface area contributed by atoms with Crippen LogP contribution < -0.4 is 5.32 Å². The van der Waals surface area contributed by atoms with Gasteiger partial charge in [0.1, 0.15) is 0 Å². The van der Waals surface area contributed by atoms with Crippen LogP contribution in [0.4, 0.5) is 5.69 Å². The number of allylic oxidation sites excluding steroid dienone is 1. The Morgan fingerprint density at radius 2 is 1.71 bits per heavy atom. The minimum Gasteiger partial charge on any atom is -0.304 e. The second-order valence-corrected chi connectivity index (χ2v) is 5.49. The molecule has 2 aromatic carbocycles. The molecule has 1 aliphatic heterocycles. The van der Waals surface area contributed by atoms with Crippen LogP contribution in [0.1, 0.15) is 12.5 Å². The van der Waals surface area contributed by atoms with Crippen molar-refractivity contribution in [2.45, 2.75) is 25.4 Å². The van der Waals surface area contributed by atoms with Crippen molar-refractivity contribution < 1.29 is 0 Å². The van der Waals surface area contributed by atoms with Crippen LogP contribution in [0.15, 0.2) is 77.3 Å². The van der Waals surface area contributed by atoms with E-state index in [1.807, 2.05) is 36.5 Å². The Morgan fingerprint density at radius 1 is 1.05 bits per heavy atom. The maximum absolute atomic E-state index is 4.47. The predicted octanol–water partition coefficient (Wildman–Crippen LogP) is 3.92. The van der Waals surface area contributed by atoms with E-state index in [2.05, 4.69) is 53.6 Å². The van der Waals surface area contributed by atoms with Gasteiger partial charge in [0.05, 0.1) is 5.69 Å². The van der Waals surface area contributed by atoms with Crippen molar-refractivity contribution in [1.82, 2.24) is 5.32 Å². The highest BCUT2D eigenvalue weighted by atomic mass is 15.1. The van der Waals surface area contributed by atoms with E-state index in [0.29, 0.717) is 12.1 Å². The summed E-state index contributed by atoms with van der Waals surface area (Å²) in [6.45, 7) is 2.10. The minimum atomic E-state index is 0.479. The number of nitrogens with zero attached hydrogens (tertiary/aromatic N) is 1. The summed E-state index contributed by atoms with van der Waals surface area (Å²) < 4.78 is 0. The third-order valence-electron chi connectivity index (χ3n) is 3.65. The first-order valence-corrected chi connectivity index (χ1v) is 7.39. The molecule has 0 bridgehead atoms. The van der Waals surface area contributed by atoms with E-state index in [1.165, 1.54) is 11.1 Å². The molecule has 2 aromatic rings. The molecule has 2 atom stereocenters. The number of hydrogen-bond acceptors (Lipinski definition) is 2. The van der Waals surface area contributed by atoms with Gasteiger partial charge in [0.2, 0.25) is 0 Å². The van der Waals surface area contributed by atoms with Crippen molar-refractivity contribution in [3.63, 3.8) is 0 Å². The fourth-order valence-electron chi connectivity index (χ4n) is 2.43. The molecule has 1 N–H and O–H groups in total. The zero-order valence-corrected chi connectivity index (χ0v) is 12.2. The highest BCUT2D eigenvalue weighted by molar-refractivity contribution is 5.80. The number of benzene rings is 2. The van der Waals surface area contributed by atoms with Crippen LogP contribution in [-0.2, 0) is 6.42 Å². The Balaban J connectivity index is 1.54. The van der Waals surface area contributed by atoms with Crippen LogP contribution in [0, 0.1) is 0 Å². The summed E-state index contributed by atoms with van der Waals surface area (Å²) >= 11 is 0. The second kappa shape index (κ2) is 6.51. The summed E-state index contributed by atoms with van der Waals surface area (Å²) in [4.78, 5) is 4.47. The Bertz CT molecular complexity index is 629. The molecule has 1 aliphatic rings. The van der Waals surface area contributed by atoms with Crippen LogP contribution in [-0.4, -0.2) is 18.3 Å². The zero-order chi connectivity index (χ0) is 14.5. The lowest BCUT2D eigenvalue weighted by molar-refractivity contribution is 0.919. The van der Waals surface area contributed by atoms with Gasteiger partial charge in [0, 0.05) is 18.3 Å². The molecule has 0 aliphatic carbocycles. The fraction of sp³-hybridized carbons (Fsp3) is 0.211. The summed E-state index contributed by atoms with van der Waals surface area (Å²) in [5.74, 6) is 0. The largest absolute Gasteiger partial charge is 0.304 e. The maximum atomic E-state index is 4.47. The van der Waals surface area contributed by atoms with Crippen molar-refractivity contribution in [3.8, 4) is 0 Å². The Kier molecular flexibility index (Phi) is 4.27. The number of aliphatic imine (C=N–C) groups is 1. The predicted molar refractivity (Wildman–Crippen MR) is 89.2 cm³/mol. The van der Waals surface area contributed by atoms with E-state index in [4.69, 9.17) is 0 Å². The molecule has 21 heavy (non-hydrogen) atoms. The van der Waals surface area contributed by atoms with Crippen molar-refractivity contribution in [2.75, 3.05) is 0 Å². The van der Waals surface area contributed by atoms with Crippen LogP contribution in [0.5, 0.6) is 0 Å². The molecule has 2 nitrogen and oxygen atoms in total. The van der Waals surface area contributed by atoms with E-state index in [0.717, 1.165) is 12.1 Å². The molecule has 0 radical (unpaired) electrons. The molecular formula is C19H20N2. The van der Waals surface area contributed by atoms with Crippen molar-refractivity contribution in [1.29, 1.82) is 0 Å². The number of hydrogen-bond donors (Lipinski definition) is 1. The van der Waals surface area contributed by atoms with E-state index in [1.54, 1.807) is 0 Å². The smallest absolute Gasteiger partial charge is 0.0629 e. The fourth-order valence-corrected chi connectivity index (χ4v) is 2.43. The van der Waals surface area contributed by atoms with Gasteiger partial charge >= 0.3 is 0 Å². The van der Waals surface area contributed by atoms with Gasteiger partial charge in [-0.1, -0.05) is 54.6 Å². The molecule has 0 saturated carbocycles. The van der Waals surface area contributed by atoms with E-state index < -0.39 is 0 Å². The highest BCUT2D eigenvalue weighted by Crippen LogP contribution is 2.19. The average molecular weight is 276 g/mol. The van der Waals surface area contributed by atoms with Gasteiger partial charge in [-0.15, -0.1) is 0 Å². The lowest BCUT2D eigenvalue weighted by atomic mass is 10.1. The van der Waals surface area contributed by atoms with Crippen LogP contribution in [0.25, 0.3) is 0 Å². The quantitative estimate of drug-likeness (QED) is 0.652. The normalized spacial score (nSPS) is 21.7. The number of para-hydroxylation sites is 1. The SMILES string of the molecule is C/C(C=Nc1ccccc1)=C\C1NC1Cc1ccccc1. The Morgan fingerprint density at radius 3 is 2.43 bits per heavy atom. The van der Waals surface area contributed by atoms with Crippen LogP contribution in [0.2, 0.25) is 0 Å². The standard InChI is InChI=1S/C19H20N2/c1-15(14-20-17-10-6-3-7-11-17)12-18-19(21-18)13-16-8-4-2-5-9-16/h2-12,14,18-19,21H,13H2,1H3/b15-12+,20-14?. The van der Waals surface area contributed by atoms with Gasteiger partial charge in [-0.25, -0.2) is 0 Å². The maximum Gasteiger partial charge on any atom is 0.0629 e. The zero-order valence-electron chi connectivity index (χ0n) is 12.2. The molecule has 2 heteroatoms. The Hall–Kier alpha value is -2.19. The Labute approximate surface area is 126 Å². The first-order valence-electron chi connectivity index (χ1n) is 7.39. The van der Waals surface area contributed by atoms with Crippen molar-refractivity contribution in [2.24, 2.45) is 4.99 Å². The van der Waals surface area contributed by atoms with Crippen LogP contribution in [0.3, 0.4) is 0 Å². The molecule has 106 valence electrons. The summed E-state index contributed by atoms with van der Waals surface area (Å²) in [6, 6.07) is 21.7. The molecule has 2 unspecified atom stereocenters. The van der Waals surface area contributed by atoms with Gasteiger partial charge < -0.3 is 5.32 Å². The van der Waals surface area contributed by atoms with Crippen molar-refractivity contribution >= 4 is 11.9 Å². The van der Waals surface area contributed by atoms with E-state index in [-0.39, 0.29) is 0 Å². The number of nitrogens with one attached hydrogen (secondary N) is 1. The monoisotopic (exact) mass is 276 g/mol. The molecular weight excluding hydrogens is 256 g/mol. The molecule has 1 heterocycles. The third kappa shape index (κ3) is 4.14. The van der Waals surface area contributed by atoms with Gasteiger partial charge in [0.25, 0.3) is 0 Å². The average Bonchev–Trinajstić information content (AvgIpc) is 3.24. The second-order valence-electron chi connectivity index (χ2n) is 5.49. The number of rotatable bonds is 5. The van der Waals surface area contributed by atoms with Crippen LogP contribution >= 0.6 is 0 Å². The van der Waals surface area contributed by atoms with E-state index >= 15 is 0 Å². The lowest BCUT2D eigenvalue weighted by Gasteiger charge is -1.97. The molecule has 3 rings (SSSR count). The lowest BCUT2D eigenvalue weighted by Crippen LogP contribution is -1.97. The van der Waals surface area contributed by atoms with Gasteiger partial charge in [-0.05, 0) is 36.6 Å². The summed E-state index contributed by atoms with van der Waals surface area (Å²) in [7, 11) is 0. The molecule has 0 amide bonds. The summed E-state index contributed by atoms with van der Waals surface area (Å²) in [5.41, 5.74) is 3.59. The first-order chi connectivity index (χ1) is 10.3. The summed E-state index contributed by atoms with van der Waals surface area (Å²) in [5, 5.41) is 3.51. The third-order valence-corrected chi connectivity index (χ3v) is 3.65.